The maximum Gasteiger partial charge on any atom is 0.416 e. The zero-order chi connectivity index (χ0) is 19.9. The molecule has 8 heteroatoms. The summed E-state index contributed by atoms with van der Waals surface area (Å²) in [4.78, 5) is 23.5. The number of hydrogen-bond donors (Lipinski definition) is 3. The summed E-state index contributed by atoms with van der Waals surface area (Å²) in [5, 5.41) is 14.8. The van der Waals surface area contributed by atoms with E-state index in [0.29, 0.717) is 13.0 Å². The van der Waals surface area contributed by atoms with Crippen molar-refractivity contribution in [3.8, 4) is 0 Å². The standard InChI is InChI=1S/C19H23F3N2O3/c20-19(21,22)15-8-6-14(7-9-15)16(25)12-24-18(27)17(26)23-11-10-13-4-2-1-3-5-13/h4,6-9,16,25H,1-3,5,10-12H2,(H,23,26)(H,24,27)/t16-/m1/s1. The minimum atomic E-state index is -4.45. The number of allylic oxidation sites excluding steroid dienone is 1. The van der Waals surface area contributed by atoms with Crippen LogP contribution in [0.1, 0.15) is 49.3 Å². The second kappa shape index (κ2) is 9.55. The molecule has 3 N–H and O–H groups in total. The van der Waals surface area contributed by atoms with Gasteiger partial charge < -0.3 is 15.7 Å². The van der Waals surface area contributed by atoms with Gasteiger partial charge in [-0.2, -0.15) is 13.2 Å². The third-order valence-corrected chi connectivity index (χ3v) is 4.40. The van der Waals surface area contributed by atoms with Crippen molar-refractivity contribution >= 4 is 11.8 Å². The van der Waals surface area contributed by atoms with Gasteiger partial charge in [0, 0.05) is 13.1 Å². The van der Waals surface area contributed by atoms with Crippen LogP contribution < -0.4 is 10.6 Å². The number of amides is 2. The molecule has 0 saturated carbocycles. The van der Waals surface area contributed by atoms with Crippen LogP contribution >= 0.6 is 0 Å². The molecule has 0 radical (unpaired) electrons. The maximum atomic E-state index is 12.5. The minimum absolute atomic E-state index is 0.216. The second-order valence-corrected chi connectivity index (χ2v) is 6.46. The molecule has 1 atom stereocenters. The lowest BCUT2D eigenvalue weighted by Gasteiger charge is -2.14. The Kier molecular flexibility index (Phi) is 7.41. The van der Waals surface area contributed by atoms with Gasteiger partial charge in [-0.25, -0.2) is 0 Å². The Balaban J connectivity index is 1.73. The molecule has 1 aliphatic rings. The summed E-state index contributed by atoms with van der Waals surface area (Å²) < 4.78 is 37.5. The van der Waals surface area contributed by atoms with Gasteiger partial charge in [-0.15, -0.1) is 0 Å². The van der Waals surface area contributed by atoms with Crippen molar-refractivity contribution < 1.29 is 27.9 Å². The Morgan fingerprint density at radius 3 is 2.33 bits per heavy atom. The quantitative estimate of drug-likeness (QED) is 0.521. The number of carbonyl (C=O) groups excluding carboxylic acids is 2. The highest BCUT2D eigenvalue weighted by molar-refractivity contribution is 6.35. The lowest BCUT2D eigenvalue weighted by atomic mass is 9.97. The fraction of sp³-hybridized carbons (Fsp3) is 0.474. The van der Waals surface area contributed by atoms with Crippen LogP contribution in [0.3, 0.4) is 0 Å². The number of carbonyl (C=O) groups is 2. The van der Waals surface area contributed by atoms with Crippen molar-refractivity contribution in [1.29, 1.82) is 0 Å². The molecule has 0 aromatic heterocycles. The molecule has 1 aromatic rings. The molecule has 0 bridgehead atoms. The smallest absolute Gasteiger partial charge is 0.387 e. The third kappa shape index (κ3) is 6.71. The predicted molar refractivity (Wildman–Crippen MR) is 93.6 cm³/mol. The molecule has 0 aliphatic heterocycles. The molecule has 0 fully saturated rings. The predicted octanol–water partition coefficient (Wildman–Crippen LogP) is 2.86. The summed E-state index contributed by atoms with van der Waals surface area (Å²) in [6.45, 7) is 0.0856. The first-order chi connectivity index (χ1) is 12.8. The van der Waals surface area contributed by atoms with Gasteiger partial charge in [0.15, 0.2) is 0 Å². The van der Waals surface area contributed by atoms with Crippen molar-refractivity contribution in [1.82, 2.24) is 10.6 Å². The Bertz CT molecular complexity index is 684. The van der Waals surface area contributed by atoms with Gasteiger partial charge in [-0.05, 0) is 49.8 Å². The average Bonchev–Trinajstić information content (AvgIpc) is 2.66. The molecule has 0 saturated heterocycles. The largest absolute Gasteiger partial charge is 0.416 e. The lowest BCUT2D eigenvalue weighted by molar-refractivity contribution is -0.139. The molecule has 0 heterocycles. The monoisotopic (exact) mass is 384 g/mol. The number of hydrogen-bond acceptors (Lipinski definition) is 3. The highest BCUT2D eigenvalue weighted by Gasteiger charge is 2.30. The van der Waals surface area contributed by atoms with Crippen molar-refractivity contribution in [2.75, 3.05) is 13.1 Å². The Labute approximate surface area is 155 Å². The van der Waals surface area contributed by atoms with Crippen LogP contribution in [0.25, 0.3) is 0 Å². The van der Waals surface area contributed by atoms with E-state index < -0.39 is 29.7 Å². The summed E-state index contributed by atoms with van der Waals surface area (Å²) in [5.41, 5.74) is 0.669. The van der Waals surface area contributed by atoms with Gasteiger partial charge in [0.2, 0.25) is 0 Å². The molecule has 2 rings (SSSR count). The van der Waals surface area contributed by atoms with Gasteiger partial charge in [0.1, 0.15) is 0 Å². The van der Waals surface area contributed by atoms with Gasteiger partial charge in [-0.3, -0.25) is 9.59 Å². The van der Waals surface area contributed by atoms with Gasteiger partial charge in [-0.1, -0.05) is 23.8 Å². The molecule has 1 aliphatic carbocycles. The van der Waals surface area contributed by atoms with E-state index in [2.05, 4.69) is 16.7 Å². The van der Waals surface area contributed by atoms with E-state index in [9.17, 15) is 27.9 Å². The molecule has 1 aromatic carbocycles. The molecular formula is C19H23F3N2O3. The van der Waals surface area contributed by atoms with Gasteiger partial charge >= 0.3 is 18.0 Å². The van der Waals surface area contributed by atoms with E-state index in [1.54, 1.807) is 0 Å². The molecule has 0 spiro atoms. The van der Waals surface area contributed by atoms with Crippen LogP contribution in [0.15, 0.2) is 35.9 Å². The van der Waals surface area contributed by atoms with Gasteiger partial charge in [0.05, 0.1) is 11.7 Å². The molecule has 148 valence electrons. The molecular weight excluding hydrogens is 361 g/mol. The zero-order valence-electron chi connectivity index (χ0n) is 14.8. The molecule has 0 unspecified atom stereocenters. The summed E-state index contributed by atoms with van der Waals surface area (Å²) in [6, 6.07) is 3.98. The SMILES string of the molecule is O=C(NCCC1=CCCCC1)C(=O)NC[C@@H](O)c1ccc(C(F)(F)F)cc1. The van der Waals surface area contributed by atoms with E-state index in [0.717, 1.165) is 43.5 Å². The lowest BCUT2D eigenvalue weighted by Crippen LogP contribution is -2.41. The first-order valence-corrected chi connectivity index (χ1v) is 8.86. The number of nitrogens with one attached hydrogen (secondary N) is 2. The van der Waals surface area contributed by atoms with Crippen molar-refractivity contribution in [2.45, 2.75) is 44.4 Å². The van der Waals surface area contributed by atoms with Crippen molar-refractivity contribution in [2.24, 2.45) is 0 Å². The topological polar surface area (TPSA) is 78.4 Å². The Morgan fingerprint density at radius 1 is 1.07 bits per heavy atom. The van der Waals surface area contributed by atoms with Gasteiger partial charge in [0.25, 0.3) is 0 Å². The zero-order valence-corrected chi connectivity index (χ0v) is 14.8. The number of benzene rings is 1. The summed E-state index contributed by atoms with van der Waals surface area (Å²) in [5.74, 6) is -1.69. The van der Waals surface area contributed by atoms with E-state index in [1.165, 1.54) is 12.0 Å². The van der Waals surface area contributed by atoms with Crippen LogP contribution in [0.5, 0.6) is 0 Å². The average molecular weight is 384 g/mol. The summed E-state index contributed by atoms with van der Waals surface area (Å²) in [6.07, 6.45) is 1.58. The van der Waals surface area contributed by atoms with Crippen LogP contribution in [-0.4, -0.2) is 30.0 Å². The van der Waals surface area contributed by atoms with E-state index in [-0.39, 0.29) is 12.1 Å². The summed E-state index contributed by atoms with van der Waals surface area (Å²) in [7, 11) is 0. The van der Waals surface area contributed by atoms with Crippen molar-refractivity contribution in [3.63, 3.8) is 0 Å². The number of aliphatic hydroxyl groups is 1. The number of halogens is 3. The summed E-state index contributed by atoms with van der Waals surface area (Å²) >= 11 is 0. The molecule has 5 nitrogen and oxygen atoms in total. The van der Waals surface area contributed by atoms with E-state index >= 15 is 0 Å². The van der Waals surface area contributed by atoms with E-state index in [4.69, 9.17) is 0 Å². The van der Waals surface area contributed by atoms with Crippen LogP contribution in [0.4, 0.5) is 13.2 Å². The first kappa shape index (κ1) is 21.0. The number of rotatable bonds is 6. The highest BCUT2D eigenvalue weighted by atomic mass is 19.4. The fourth-order valence-electron chi connectivity index (χ4n) is 2.83. The van der Waals surface area contributed by atoms with Crippen LogP contribution in [0, 0.1) is 0 Å². The van der Waals surface area contributed by atoms with E-state index in [1.807, 2.05) is 0 Å². The Hall–Kier alpha value is -2.35. The normalized spacial score (nSPS) is 15.6. The fourth-order valence-corrected chi connectivity index (χ4v) is 2.83. The van der Waals surface area contributed by atoms with Crippen molar-refractivity contribution in [3.05, 3.63) is 47.0 Å². The first-order valence-electron chi connectivity index (χ1n) is 8.86. The number of aliphatic hydroxyl groups excluding tert-OH is 1. The molecule has 2 amide bonds. The van der Waals surface area contributed by atoms with Crippen LogP contribution in [0.2, 0.25) is 0 Å². The van der Waals surface area contributed by atoms with Crippen LogP contribution in [-0.2, 0) is 15.8 Å². The second-order valence-electron chi connectivity index (χ2n) is 6.46. The number of alkyl halides is 3. The maximum absolute atomic E-state index is 12.5. The highest BCUT2D eigenvalue weighted by Crippen LogP contribution is 2.29. The minimum Gasteiger partial charge on any atom is -0.387 e. The Morgan fingerprint density at radius 2 is 1.74 bits per heavy atom. The third-order valence-electron chi connectivity index (χ3n) is 4.40. The molecule has 27 heavy (non-hydrogen) atoms.